The SMILES string of the molecule is CN1CCN([C@H]2CC[C@](C)(O)CC2)CC1. The van der Waals surface area contributed by atoms with E-state index in [2.05, 4.69) is 16.8 Å². The fraction of sp³-hybridized carbons (Fsp3) is 1.00. The predicted molar refractivity (Wildman–Crippen MR) is 61.9 cm³/mol. The Labute approximate surface area is 93.1 Å². The maximum Gasteiger partial charge on any atom is 0.0621 e. The van der Waals surface area contributed by atoms with Gasteiger partial charge in [0.25, 0.3) is 0 Å². The van der Waals surface area contributed by atoms with E-state index < -0.39 is 0 Å². The highest BCUT2D eigenvalue weighted by Crippen LogP contribution is 2.30. The second kappa shape index (κ2) is 4.40. The van der Waals surface area contributed by atoms with E-state index in [1.54, 1.807) is 0 Å². The standard InChI is InChI=1S/C12H24N2O/c1-12(15)5-3-11(4-6-12)14-9-7-13(2)8-10-14/h11,15H,3-10H2,1-2H3/t11-,12-. The summed E-state index contributed by atoms with van der Waals surface area (Å²) in [5, 5.41) is 9.91. The first-order valence-electron chi connectivity index (χ1n) is 6.22. The molecule has 88 valence electrons. The minimum Gasteiger partial charge on any atom is -0.390 e. The molecule has 0 aromatic heterocycles. The molecule has 0 spiro atoms. The zero-order chi connectivity index (χ0) is 10.9. The topological polar surface area (TPSA) is 26.7 Å². The molecule has 1 saturated heterocycles. The number of nitrogens with zero attached hydrogens (tertiary/aromatic N) is 2. The summed E-state index contributed by atoms with van der Waals surface area (Å²) < 4.78 is 0. The van der Waals surface area contributed by atoms with Gasteiger partial charge in [0.15, 0.2) is 0 Å². The molecule has 0 bridgehead atoms. The molecule has 15 heavy (non-hydrogen) atoms. The van der Waals surface area contributed by atoms with Crippen molar-refractivity contribution >= 4 is 0 Å². The Bertz CT molecular complexity index is 200. The molecule has 0 amide bonds. The highest BCUT2D eigenvalue weighted by Gasteiger charge is 2.32. The zero-order valence-corrected chi connectivity index (χ0v) is 10.1. The molecule has 0 atom stereocenters. The Kier molecular flexibility index (Phi) is 3.33. The third-order valence-corrected chi connectivity index (χ3v) is 4.09. The van der Waals surface area contributed by atoms with Crippen LogP contribution in [0.5, 0.6) is 0 Å². The van der Waals surface area contributed by atoms with Crippen molar-refractivity contribution in [2.45, 2.75) is 44.2 Å². The van der Waals surface area contributed by atoms with Gasteiger partial charge in [0, 0.05) is 32.2 Å². The lowest BCUT2D eigenvalue weighted by atomic mass is 9.83. The Morgan fingerprint density at radius 1 is 1.07 bits per heavy atom. The van der Waals surface area contributed by atoms with Crippen LogP contribution in [-0.4, -0.2) is 59.8 Å². The number of hydrogen-bond donors (Lipinski definition) is 1. The highest BCUT2D eigenvalue weighted by atomic mass is 16.3. The maximum absolute atomic E-state index is 9.91. The summed E-state index contributed by atoms with van der Waals surface area (Å²) in [5.74, 6) is 0. The number of hydrogen-bond acceptors (Lipinski definition) is 3. The Morgan fingerprint density at radius 3 is 2.13 bits per heavy atom. The quantitative estimate of drug-likeness (QED) is 0.700. The number of likely N-dealkylation sites (N-methyl/N-ethyl adjacent to an activating group) is 1. The smallest absolute Gasteiger partial charge is 0.0621 e. The van der Waals surface area contributed by atoms with E-state index >= 15 is 0 Å². The molecule has 1 heterocycles. The molecule has 2 fully saturated rings. The van der Waals surface area contributed by atoms with E-state index in [-0.39, 0.29) is 5.60 Å². The van der Waals surface area contributed by atoms with Gasteiger partial charge < -0.3 is 10.0 Å². The summed E-state index contributed by atoms with van der Waals surface area (Å²) in [4.78, 5) is 5.02. The van der Waals surface area contributed by atoms with Crippen LogP contribution in [0.2, 0.25) is 0 Å². The molecule has 0 aromatic carbocycles. The van der Waals surface area contributed by atoms with Crippen LogP contribution in [0.25, 0.3) is 0 Å². The van der Waals surface area contributed by atoms with Crippen LogP contribution in [0, 0.1) is 0 Å². The lowest BCUT2D eigenvalue weighted by Crippen LogP contribution is -2.51. The molecule has 1 N–H and O–H groups in total. The predicted octanol–water partition coefficient (Wildman–Crippen LogP) is 0.927. The van der Waals surface area contributed by atoms with Crippen LogP contribution >= 0.6 is 0 Å². The number of piperazine rings is 1. The molecular weight excluding hydrogens is 188 g/mol. The first kappa shape index (κ1) is 11.4. The van der Waals surface area contributed by atoms with Crippen molar-refractivity contribution in [1.29, 1.82) is 0 Å². The monoisotopic (exact) mass is 212 g/mol. The Morgan fingerprint density at radius 2 is 1.60 bits per heavy atom. The fourth-order valence-electron chi connectivity index (χ4n) is 2.78. The summed E-state index contributed by atoms with van der Waals surface area (Å²) in [7, 11) is 2.20. The van der Waals surface area contributed by atoms with Crippen molar-refractivity contribution in [3.05, 3.63) is 0 Å². The first-order chi connectivity index (χ1) is 7.07. The molecule has 3 nitrogen and oxygen atoms in total. The molecule has 3 heteroatoms. The van der Waals surface area contributed by atoms with E-state index in [0.717, 1.165) is 18.9 Å². The normalized spacial score (nSPS) is 40.6. The molecule has 0 unspecified atom stereocenters. The van der Waals surface area contributed by atoms with Gasteiger partial charge in [-0.2, -0.15) is 0 Å². The van der Waals surface area contributed by atoms with Gasteiger partial charge in [-0.1, -0.05) is 0 Å². The maximum atomic E-state index is 9.91. The van der Waals surface area contributed by atoms with Crippen molar-refractivity contribution in [2.75, 3.05) is 33.2 Å². The average molecular weight is 212 g/mol. The summed E-state index contributed by atoms with van der Waals surface area (Å²) in [5.41, 5.74) is -0.386. The van der Waals surface area contributed by atoms with Crippen molar-refractivity contribution in [1.82, 2.24) is 9.80 Å². The zero-order valence-electron chi connectivity index (χ0n) is 10.1. The van der Waals surface area contributed by atoms with Gasteiger partial charge in [-0.15, -0.1) is 0 Å². The minimum absolute atomic E-state index is 0.386. The second-order valence-corrected chi connectivity index (χ2v) is 5.57. The van der Waals surface area contributed by atoms with Crippen molar-refractivity contribution in [3.8, 4) is 0 Å². The van der Waals surface area contributed by atoms with Gasteiger partial charge in [0.2, 0.25) is 0 Å². The fourth-order valence-corrected chi connectivity index (χ4v) is 2.78. The van der Waals surface area contributed by atoms with E-state index in [1.807, 2.05) is 6.92 Å². The first-order valence-corrected chi connectivity index (χ1v) is 6.22. The molecule has 0 radical (unpaired) electrons. The third-order valence-electron chi connectivity index (χ3n) is 4.09. The average Bonchev–Trinajstić information content (AvgIpc) is 2.20. The highest BCUT2D eigenvalue weighted by molar-refractivity contribution is 4.87. The Balaban J connectivity index is 1.80. The van der Waals surface area contributed by atoms with Crippen LogP contribution in [0.3, 0.4) is 0 Å². The lowest BCUT2D eigenvalue weighted by molar-refractivity contribution is -0.0124. The van der Waals surface area contributed by atoms with Crippen LogP contribution < -0.4 is 0 Å². The van der Waals surface area contributed by atoms with Gasteiger partial charge in [0.05, 0.1) is 5.60 Å². The molecule has 0 aromatic rings. The summed E-state index contributed by atoms with van der Waals surface area (Å²) >= 11 is 0. The molecule has 2 aliphatic rings. The minimum atomic E-state index is -0.386. The lowest BCUT2D eigenvalue weighted by Gasteiger charge is -2.42. The summed E-state index contributed by atoms with van der Waals surface area (Å²) in [6, 6.07) is 0.735. The van der Waals surface area contributed by atoms with Gasteiger partial charge in [-0.3, -0.25) is 4.90 Å². The van der Waals surface area contributed by atoms with Crippen LogP contribution in [0.15, 0.2) is 0 Å². The van der Waals surface area contributed by atoms with Crippen LogP contribution in [-0.2, 0) is 0 Å². The number of rotatable bonds is 1. The molecular formula is C12H24N2O. The molecule has 1 aliphatic heterocycles. The van der Waals surface area contributed by atoms with Crippen molar-refractivity contribution in [2.24, 2.45) is 0 Å². The van der Waals surface area contributed by atoms with Crippen molar-refractivity contribution < 1.29 is 5.11 Å². The van der Waals surface area contributed by atoms with Gasteiger partial charge in [0.1, 0.15) is 0 Å². The van der Waals surface area contributed by atoms with Crippen LogP contribution in [0.1, 0.15) is 32.6 Å². The molecule has 1 aliphatic carbocycles. The van der Waals surface area contributed by atoms with Crippen LogP contribution in [0.4, 0.5) is 0 Å². The Hall–Kier alpha value is -0.120. The third kappa shape index (κ3) is 2.92. The largest absolute Gasteiger partial charge is 0.390 e. The van der Waals surface area contributed by atoms with E-state index in [4.69, 9.17) is 0 Å². The second-order valence-electron chi connectivity index (χ2n) is 5.57. The van der Waals surface area contributed by atoms with Gasteiger partial charge in [-0.25, -0.2) is 0 Å². The van der Waals surface area contributed by atoms with E-state index in [1.165, 1.54) is 39.0 Å². The summed E-state index contributed by atoms with van der Waals surface area (Å²) in [6.45, 7) is 6.81. The van der Waals surface area contributed by atoms with Gasteiger partial charge >= 0.3 is 0 Å². The van der Waals surface area contributed by atoms with Gasteiger partial charge in [-0.05, 0) is 39.7 Å². The van der Waals surface area contributed by atoms with E-state index in [0.29, 0.717) is 0 Å². The summed E-state index contributed by atoms with van der Waals surface area (Å²) in [6.07, 6.45) is 4.31. The molecule has 2 rings (SSSR count). The van der Waals surface area contributed by atoms with E-state index in [9.17, 15) is 5.11 Å². The van der Waals surface area contributed by atoms with Crippen molar-refractivity contribution in [3.63, 3.8) is 0 Å². The number of aliphatic hydroxyl groups is 1. The molecule has 1 saturated carbocycles.